The van der Waals surface area contributed by atoms with Gasteiger partial charge in [-0.05, 0) is 44.9 Å². The maximum absolute atomic E-state index is 13.1. The number of ketones is 1. The number of anilines is 1. The van der Waals surface area contributed by atoms with Crippen molar-refractivity contribution in [2.24, 2.45) is 0 Å². The molecule has 0 atom stereocenters. The van der Waals surface area contributed by atoms with Crippen LogP contribution in [0.3, 0.4) is 0 Å². The van der Waals surface area contributed by atoms with E-state index in [-0.39, 0.29) is 5.78 Å². The van der Waals surface area contributed by atoms with E-state index in [1.54, 1.807) is 6.26 Å². The second kappa shape index (κ2) is 8.55. The largest absolute Gasteiger partial charge is 0.467 e. The Morgan fingerprint density at radius 3 is 2.74 bits per heavy atom. The van der Waals surface area contributed by atoms with Crippen LogP contribution in [0.25, 0.3) is 0 Å². The van der Waals surface area contributed by atoms with E-state index < -0.39 is 0 Å². The lowest BCUT2D eigenvalue weighted by molar-refractivity contribution is 0.102. The molecular weight excluding hydrogens is 414 g/mol. The first-order valence-corrected chi connectivity index (χ1v) is 11.7. The number of ether oxygens (including phenoxy) is 1. The molecule has 31 heavy (non-hydrogen) atoms. The van der Waals surface area contributed by atoms with Crippen molar-refractivity contribution in [1.29, 1.82) is 0 Å². The summed E-state index contributed by atoms with van der Waals surface area (Å²) < 4.78 is 15.3. The monoisotopic (exact) mass is 441 g/mol. The fraction of sp³-hybridized carbons (Fsp3) is 0.500. The van der Waals surface area contributed by atoms with Crippen molar-refractivity contribution in [2.45, 2.75) is 44.4 Å². The van der Waals surface area contributed by atoms with Crippen LogP contribution in [0.5, 0.6) is 0 Å². The van der Waals surface area contributed by atoms with Crippen molar-refractivity contribution >= 4 is 23.5 Å². The SMILES string of the molecule is Cc1cc(C(=O)CSc2nnc(N3CCOCC3)n2C2CC2)c(C)n1Cc1ccco1. The van der Waals surface area contributed by atoms with Crippen molar-refractivity contribution in [3.8, 4) is 0 Å². The third kappa shape index (κ3) is 4.16. The number of furan rings is 1. The molecule has 4 heterocycles. The minimum atomic E-state index is 0.113. The van der Waals surface area contributed by atoms with E-state index in [0.717, 1.165) is 59.7 Å². The summed E-state index contributed by atoms with van der Waals surface area (Å²) in [6, 6.07) is 6.26. The number of thioether (sulfide) groups is 1. The maximum atomic E-state index is 13.1. The molecule has 8 nitrogen and oxygen atoms in total. The molecule has 0 N–H and O–H groups in total. The van der Waals surface area contributed by atoms with Gasteiger partial charge in [0.2, 0.25) is 5.95 Å². The fourth-order valence-electron chi connectivity index (χ4n) is 4.09. The smallest absolute Gasteiger partial charge is 0.228 e. The van der Waals surface area contributed by atoms with Crippen LogP contribution in [0.2, 0.25) is 0 Å². The van der Waals surface area contributed by atoms with Gasteiger partial charge in [0.1, 0.15) is 5.76 Å². The number of rotatable bonds is 8. The second-order valence-electron chi connectivity index (χ2n) is 8.15. The number of carbonyl (C=O) groups excluding carboxylic acids is 1. The normalized spacial score (nSPS) is 16.8. The average molecular weight is 442 g/mol. The van der Waals surface area contributed by atoms with Gasteiger partial charge in [-0.1, -0.05) is 11.8 Å². The molecule has 3 aromatic rings. The summed E-state index contributed by atoms with van der Waals surface area (Å²) in [5.41, 5.74) is 2.79. The molecule has 0 unspecified atom stereocenters. The summed E-state index contributed by atoms with van der Waals surface area (Å²) in [5.74, 6) is 2.25. The van der Waals surface area contributed by atoms with Gasteiger partial charge in [-0.25, -0.2) is 0 Å². The van der Waals surface area contributed by atoms with Gasteiger partial charge in [0.05, 0.1) is 31.8 Å². The second-order valence-corrected chi connectivity index (χ2v) is 9.09. The van der Waals surface area contributed by atoms with E-state index >= 15 is 0 Å². The number of morpholine rings is 1. The number of aromatic nitrogens is 4. The highest BCUT2D eigenvalue weighted by molar-refractivity contribution is 7.99. The van der Waals surface area contributed by atoms with E-state index in [1.165, 1.54) is 11.8 Å². The molecule has 0 bridgehead atoms. The molecule has 0 amide bonds. The topological polar surface area (TPSA) is 78.3 Å². The van der Waals surface area contributed by atoms with Crippen LogP contribution in [-0.2, 0) is 11.3 Å². The summed E-state index contributed by atoms with van der Waals surface area (Å²) in [4.78, 5) is 15.3. The molecule has 0 spiro atoms. The van der Waals surface area contributed by atoms with Crippen LogP contribution < -0.4 is 4.90 Å². The zero-order valence-electron chi connectivity index (χ0n) is 17.9. The third-order valence-corrected chi connectivity index (χ3v) is 6.90. The Bertz CT molecular complexity index is 1060. The van der Waals surface area contributed by atoms with Gasteiger partial charge in [-0.3, -0.25) is 9.36 Å². The van der Waals surface area contributed by atoms with Crippen molar-refractivity contribution < 1.29 is 13.9 Å². The van der Waals surface area contributed by atoms with Gasteiger partial charge in [-0.15, -0.1) is 10.2 Å². The highest BCUT2D eigenvalue weighted by Gasteiger charge is 2.32. The van der Waals surface area contributed by atoms with Gasteiger partial charge >= 0.3 is 0 Å². The fourth-order valence-corrected chi connectivity index (χ4v) is 4.98. The molecule has 164 valence electrons. The van der Waals surface area contributed by atoms with Crippen LogP contribution in [0, 0.1) is 13.8 Å². The predicted octanol–water partition coefficient (Wildman–Crippen LogP) is 3.48. The molecular formula is C22H27N5O3S. The Morgan fingerprint density at radius 1 is 1.23 bits per heavy atom. The average Bonchev–Trinajstić information content (AvgIpc) is 3.20. The molecule has 3 aromatic heterocycles. The standard InChI is InChI=1S/C22H27N5O3S/c1-15-12-19(16(2)26(15)13-18-4-3-9-30-18)20(28)14-31-22-24-23-21(27(22)17-5-6-17)25-7-10-29-11-8-25/h3-4,9,12,17H,5-8,10-11,13-14H2,1-2H3. The van der Waals surface area contributed by atoms with E-state index in [1.807, 2.05) is 32.0 Å². The Morgan fingerprint density at radius 2 is 2.03 bits per heavy atom. The molecule has 5 rings (SSSR count). The highest BCUT2D eigenvalue weighted by atomic mass is 32.2. The Balaban J connectivity index is 1.30. The quantitative estimate of drug-likeness (QED) is 0.391. The van der Waals surface area contributed by atoms with Crippen LogP contribution in [0.15, 0.2) is 34.0 Å². The molecule has 1 aliphatic carbocycles. The summed E-state index contributed by atoms with van der Waals surface area (Å²) in [7, 11) is 0. The summed E-state index contributed by atoms with van der Waals surface area (Å²) >= 11 is 1.49. The number of nitrogens with zero attached hydrogens (tertiary/aromatic N) is 5. The van der Waals surface area contributed by atoms with Gasteiger partial charge in [-0.2, -0.15) is 0 Å². The van der Waals surface area contributed by atoms with Crippen LogP contribution in [-0.4, -0.2) is 57.2 Å². The van der Waals surface area contributed by atoms with Crippen LogP contribution in [0.4, 0.5) is 5.95 Å². The van der Waals surface area contributed by atoms with Gasteiger partial charge in [0, 0.05) is 36.1 Å². The number of hydrogen-bond donors (Lipinski definition) is 0. The first-order chi connectivity index (χ1) is 15.1. The van der Waals surface area contributed by atoms with E-state index in [4.69, 9.17) is 9.15 Å². The number of hydrogen-bond acceptors (Lipinski definition) is 7. The van der Waals surface area contributed by atoms with Gasteiger partial charge in [0.25, 0.3) is 0 Å². The van der Waals surface area contributed by atoms with E-state index in [9.17, 15) is 4.79 Å². The lowest BCUT2D eigenvalue weighted by atomic mass is 10.2. The number of aryl methyl sites for hydroxylation is 1. The lowest BCUT2D eigenvalue weighted by Crippen LogP contribution is -2.38. The molecule has 2 fully saturated rings. The molecule has 0 radical (unpaired) electrons. The number of Topliss-reactive ketones (excluding diaryl/α,β-unsaturated/α-hetero) is 1. The molecule has 1 aliphatic heterocycles. The maximum Gasteiger partial charge on any atom is 0.228 e. The predicted molar refractivity (Wildman–Crippen MR) is 118 cm³/mol. The van der Waals surface area contributed by atoms with Crippen LogP contribution >= 0.6 is 11.8 Å². The molecule has 2 aliphatic rings. The Hall–Kier alpha value is -2.52. The van der Waals surface area contributed by atoms with E-state index in [0.29, 0.717) is 31.6 Å². The minimum absolute atomic E-state index is 0.113. The summed E-state index contributed by atoms with van der Waals surface area (Å²) in [6.45, 7) is 7.74. The van der Waals surface area contributed by atoms with Gasteiger partial charge in [0.15, 0.2) is 10.9 Å². The molecule has 0 aromatic carbocycles. The molecule has 9 heteroatoms. The van der Waals surface area contributed by atoms with E-state index in [2.05, 4.69) is 24.2 Å². The molecule has 1 saturated carbocycles. The summed E-state index contributed by atoms with van der Waals surface area (Å²) in [5, 5.41) is 9.74. The first kappa shape index (κ1) is 20.4. The zero-order valence-corrected chi connectivity index (χ0v) is 18.7. The number of carbonyl (C=O) groups is 1. The van der Waals surface area contributed by atoms with Crippen molar-refractivity contribution in [3.63, 3.8) is 0 Å². The third-order valence-electron chi connectivity index (χ3n) is 5.95. The Labute approximate surface area is 185 Å². The van der Waals surface area contributed by atoms with Crippen LogP contribution in [0.1, 0.15) is 46.4 Å². The zero-order chi connectivity index (χ0) is 21.4. The van der Waals surface area contributed by atoms with Crippen molar-refractivity contribution in [3.05, 3.63) is 47.2 Å². The highest BCUT2D eigenvalue weighted by Crippen LogP contribution is 2.41. The summed E-state index contributed by atoms with van der Waals surface area (Å²) in [6.07, 6.45) is 3.96. The lowest BCUT2D eigenvalue weighted by Gasteiger charge is -2.27. The van der Waals surface area contributed by atoms with Crippen molar-refractivity contribution in [2.75, 3.05) is 37.0 Å². The minimum Gasteiger partial charge on any atom is -0.467 e. The first-order valence-electron chi connectivity index (χ1n) is 10.7. The van der Waals surface area contributed by atoms with Crippen molar-refractivity contribution in [1.82, 2.24) is 19.3 Å². The Kier molecular flexibility index (Phi) is 5.62. The van der Waals surface area contributed by atoms with Gasteiger partial charge < -0.3 is 18.6 Å². The molecule has 1 saturated heterocycles.